The largest absolute Gasteiger partial charge is 0.363 e. The number of hydrazine groups is 1. The van der Waals surface area contributed by atoms with Crippen molar-refractivity contribution in [1.82, 2.24) is 14.5 Å². The van der Waals surface area contributed by atoms with Crippen molar-refractivity contribution in [2.45, 2.75) is 5.03 Å². The minimum atomic E-state index is -3.89. The third-order valence-corrected chi connectivity index (χ3v) is 4.42. The lowest BCUT2D eigenvalue weighted by Gasteiger charge is -2.05. The van der Waals surface area contributed by atoms with E-state index >= 15 is 0 Å². The van der Waals surface area contributed by atoms with Crippen molar-refractivity contribution < 1.29 is 12.9 Å². The maximum Gasteiger partial charge on any atom is 0.283 e. The van der Waals surface area contributed by atoms with Crippen molar-refractivity contribution in [3.05, 3.63) is 23.9 Å². The molecule has 0 fully saturated rings. The van der Waals surface area contributed by atoms with E-state index in [1.807, 2.05) is 0 Å². The molecule has 0 unspecified atom stereocenters. The van der Waals surface area contributed by atoms with Crippen LogP contribution in [-0.4, -0.2) is 23.0 Å². The van der Waals surface area contributed by atoms with Gasteiger partial charge in [0.2, 0.25) is 5.03 Å². The molecule has 3 aromatic heterocycles. The number of sulfonamides is 1. The second kappa shape index (κ2) is 4.22. The van der Waals surface area contributed by atoms with Gasteiger partial charge >= 0.3 is 0 Å². The number of nitrogens with one attached hydrogen (secondary N) is 2. The lowest BCUT2D eigenvalue weighted by molar-refractivity contribution is 0.423. The second-order valence-electron chi connectivity index (χ2n) is 3.46. The van der Waals surface area contributed by atoms with Crippen molar-refractivity contribution in [3.63, 3.8) is 0 Å². The highest BCUT2D eigenvalue weighted by Crippen LogP contribution is 2.26. The summed E-state index contributed by atoms with van der Waals surface area (Å²) < 4.78 is 32.9. The molecule has 0 amide bonds. The number of nitrogen functional groups attached to an aromatic ring is 1. The molecular weight excluding hydrogens is 292 g/mol. The first kappa shape index (κ1) is 12.0. The summed E-state index contributed by atoms with van der Waals surface area (Å²) in [5.74, 6) is 5.43. The molecule has 11 heteroatoms. The van der Waals surface area contributed by atoms with Gasteiger partial charge < -0.3 is 9.95 Å². The highest BCUT2D eigenvalue weighted by atomic mass is 32.2. The number of rotatable bonds is 4. The van der Waals surface area contributed by atoms with Crippen molar-refractivity contribution in [3.8, 4) is 0 Å². The molecule has 0 aliphatic heterocycles. The molecule has 3 heterocycles. The Morgan fingerprint density at radius 3 is 3.00 bits per heavy atom. The van der Waals surface area contributed by atoms with E-state index in [1.54, 1.807) is 11.6 Å². The third kappa shape index (κ3) is 1.93. The van der Waals surface area contributed by atoms with Gasteiger partial charge in [0.25, 0.3) is 10.0 Å². The number of anilines is 2. The van der Waals surface area contributed by atoms with E-state index in [-0.39, 0.29) is 16.7 Å². The van der Waals surface area contributed by atoms with Gasteiger partial charge in [0, 0.05) is 17.6 Å². The normalized spacial score (nSPS) is 11.8. The van der Waals surface area contributed by atoms with Gasteiger partial charge in [-0.15, -0.1) is 11.3 Å². The summed E-state index contributed by atoms with van der Waals surface area (Å²) in [7, 11) is -3.89. The molecule has 0 spiro atoms. The molecule has 0 bridgehead atoms. The van der Waals surface area contributed by atoms with E-state index in [4.69, 9.17) is 5.84 Å². The Bertz CT molecular complexity index is 803. The Labute approximate surface area is 111 Å². The molecule has 19 heavy (non-hydrogen) atoms. The molecule has 4 N–H and O–H groups in total. The number of nitrogens with two attached hydrogens (primary N) is 1. The van der Waals surface area contributed by atoms with Gasteiger partial charge in [-0.25, -0.2) is 5.84 Å². The number of nitrogens with zero attached hydrogens (tertiary/aromatic N) is 3. The fourth-order valence-corrected chi connectivity index (χ4v) is 3.58. The van der Waals surface area contributed by atoms with Crippen LogP contribution >= 0.6 is 11.3 Å². The molecule has 0 saturated carbocycles. The Kier molecular flexibility index (Phi) is 2.66. The smallest absolute Gasteiger partial charge is 0.283 e. The SMILES string of the molecule is NNc1nc2sccn2c1S(=O)(=O)Nc1ccon1. The Hall–Kier alpha value is -2.11. The number of hydrogen-bond donors (Lipinski definition) is 3. The van der Waals surface area contributed by atoms with Crippen LogP contribution in [0.5, 0.6) is 0 Å². The van der Waals surface area contributed by atoms with Crippen molar-refractivity contribution in [2.24, 2.45) is 5.84 Å². The fourth-order valence-electron chi connectivity index (χ4n) is 1.57. The molecule has 9 nitrogen and oxygen atoms in total. The highest BCUT2D eigenvalue weighted by molar-refractivity contribution is 7.92. The van der Waals surface area contributed by atoms with Crippen LogP contribution in [0.15, 0.2) is 33.5 Å². The van der Waals surface area contributed by atoms with E-state index < -0.39 is 10.0 Å². The Morgan fingerprint density at radius 2 is 2.32 bits per heavy atom. The predicted molar refractivity (Wildman–Crippen MR) is 68.2 cm³/mol. The van der Waals surface area contributed by atoms with E-state index in [0.717, 1.165) is 0 Å². The number of thiazole rings is 1. The van der Waals surface area contributed by atoms with Gasteiger partial charge in [0.15, 0.2) is 16.6 Å². The fraction of sp³-hybridized carbons (Fsp3) is 0. The predicted octanol–water partition coefficient (Wildman–Crippen LogP) is 0.470. The van der Waals surface area contributed by atoms with Crippen LogP contribution in [0.25, 0.3) is 4.96 Å². The Morgan fingerprint density at radius 1 is 1.47 bits per heavy atom. The molecule has 3 aromatic rings. The Balaban J connectivity index is 2.14. The molecule has 0 atom stereocenters. The molecule has 0 aliphatic carbocycles. The zero-order valence-corrected chi connectivity index (χ0v) is 10.9. The molecular formula is C8H8N6O3S2. The van der Waals surface area contributed by atoms with Crippen LogP contribution in [0.2, 0.25) is 0 Å². The molecule has 0 aromatic carbocycles. The van der Waals surface area contributed by atoms with Crippen LogP contribution in [0.4, 0.5) is 11.6 Å². The molecule has 0 aliphatic rings. The van der Waals surface area contributed by atoms with Crippen LogP contribution in [0.1, 0.15) is 0 Å². The van der Waals surface area contributed by atoms with Crippen LogP contribution in [-0.2, 0) is 10.0 Å². The monoisotopic (exact) mass is 300 g/mol. The number of fused-ring (bicyclic) bond motifs is 1. The van der Waals surface area contributed by atoms with Gasteiger partial charge in [-0.05, 0) is 0 Å². The topological polar surface area (TPSA) is 128 Å². The minimum absolute atomic E-state index is 0.0582. The van der Waals surface area contributed by atoms with Crippen molar-refractivity contribution in [1.29, 1.82) is 0 Å². The molecule has 0 saturated heterocycles. The lowest BCUT2D eigenvalue weighted by Crippen LogP contribution is -2.18. The third-order valence-electron chi connectivity index (χ3n) is 2.29. The van der Waals surface area contributed by atoms with E-state index in [2.05, 4.69) is 24.8 Å². The quantitative estimate of drug-likeness (QED) is 0.472. The van der Waals surface area contributed by atoms with Crippen LogP contribution in [0, 0.1) is 0 Å². The zero-order valence-electron chi connectivity index (χ0n) is 9.27. The summed E-state index contributed by atoms with van der Waals surface area (Å²) in [4.78, 5) is 4.58. The van der Waals surface area contributed by atoms with Gasteiger partial charge in [-0.3, -0.25) is 9.12 Å². The summed E-state index contributed by atoms with van der Waals surface area (Å²) >= 11 is 1.29. The minimum Gasteiger partial charge on any atom is -0.363 e. The average molecular weight is 300 g/mol. The van der Waals surface area contributed by atoms with Crippen LogP contribution in [0.3, 0.4) is 0 Å². The van der Waals surface area contributed by atoms with E-state index in [0.29, 0.717) is 4.96 Å². The second-order valence-corrected chi connectivity index (χ2v) is 5.93. The average Bonchev–Trinajstić information content (AvgIpc) is 3.01. The number of imidazole rings is 1. The van der Waals surface area contributed by atoms with Crippen molar-refractivity contribution in [2.75, 3.05) is 10.1 Å². The molecule has 100 valence electrons. The van der Waals surface area contributed by atoms with Crippen molar-refractivity contribution >= 4 is 38.0 Å². The van der Waals surface area contributed by atoms with E-state index in [9.17, 15) is 8.42 Å². The summed E-state index contributed by atoms with van der Waals surface area (Å²) in [6.07, 6.45) is 2.85. The van der Waals surface area contributed by atoms with E-state index in [1.165, 1.54) is 28.1 Å². The van der Waals surface area contributed by atoms with Crippen LogP contribution < -0.4 is 16.0 Å². The first-order valence-corrected chi connectivity index (χ1v) is 7.33. The standard InChI is InChI=1S/C8H8N6O3S2/c9-11-6-7(14-2-4-18-8(14)10-6)19(15,16)13-5-1-3-17-12-5/h1-4,11H,9H2,(H,12,13). The lowest BCUT2D eigenvalue weighted by atomic mass is 10.7. The summed E-state index contributed by atoms with van der Waals surface area (Å²) in [6, 6.07) is 1.39. The molecule has 3 rings (SSSR count). The first-order valence-electron chi connectivity index (χ1n) is 4.97. The van der Waals surface area contributed by atoms with Gasteiger partial charge in [-0.1, -0.05) is 5.16 Å². The zero-order chi connectivity index (χ0) is 13.5. The highest BCUT2D eigenvalue weighted by Gasteiger charge is 2.26. The van der Waals surface area contributed by atoms with Gasteiger partial charge in [0.05, 0.1) is 0 Å². The summed E-state index contributed by atoms with van der Waals surface area (Å²) in [6.45, 7) is 0. The number of aromatic nitrogens is 3. The summed E-state index contributed by atoms with van der Waals surface area (Å²) in [5.41, 5.74) is 2.27. The molecule has 0 radical (unpaired) electrons. The summed E-state index contributed by atoms with van der Waals surface area (Å²) in [5, 5.41) is 5.12. The van der Waals surface area contributed by atoms with Gasteiger partial charge in [0.1, 0.15) is 6.26 Å². The first-order chi connectivity index (χ1) is 9.12. The number of hydrogen-bond acceptors (Lipinski definition) is 8. The maximum absolute atomic E-state index is 12.3. The van der Waals surface area contributed by atoms with Gasteiger partial charge in [-0.2, -0.15) is 13.4 Å². The maximum atomic E-state index is 12.3.